The molecule has 0 radical (unpaired) electrons. The Hall–Kier alpha value is -1.01. The van der Waals surface area contributed by atoms with E-state index in [1.807, 2.05) is 17.5 Å². The van der Waals surface area contributed by atoms with Crippen molar-refractivity contribution in [3.8, 4) is 0 Å². The number of thiophene rings is 1. The minimum atomic E-state index is -0.440. The zero-order chi connectivity index (χ0) is 11.1. The Bertz CT molecular complexity index is 324. The molecular weight excluding hydrogens is 234 g/mol. The summed E-state index contributed by atoms with van der Waals surface area (Å²) >= 11 is 3.03. The third-order valence-corrected chi connectivity index (χ3v) is 3.63. The highest BCUT2D eigenvalue weighted by atomic mass is 32.2. The number of nitrogens with one attached hydrogen (secondary N) is 1. The van der Waals surface area contributed by atoms with Gasteiger partial charge in [-0.1, -0.05) is 6.07 Å². The van der Waals surface area contributed by atoms with Crippen LogP contribution < -0.4 is 5.32 Å². The summed E-state index contributed by atoms with van der Waals surface area (Å²) in [5, 5.41) is 4.42. The van der Waals surface area contributed by atoms with Crippen molar-refractivity contribution in [1.29, 1.82) is 0 Å². The van der Waals surface area contributed by atoms with Crippen LogP contribution in [0, 0.1) is 0 Å². The van der Waals surface area contributed by atoms with Gasteiger partial charge in [-0.15, -0.1) is 23.1 Å². The van der Waals surface area contributed by atoms with E-state index in [-0.39, 0.29) is 12.5 Å². The van der Waals surface area contributed by atoms with Gasteiger partial charge in [0, 0.05) is 0 Å². The summed E-state index contributed by atoms with van der Waals surface area (Å²) in [4.78, 5) is 21.9. The average molecular weight is 245 g/mol. The number of ether oxygens (including phenoxy) is 1. The van der Waals surface area contributed by atoms with Crippen LogP contribution in [0.1, 0.15) is 0 Å². The molecule has 15 heavy (non-hydrogen) atoms. The molecule has 4 nitrogen and oxygen atoms in total. The molecule has 1 rings (SSSR count). The SMILES string of the molecule is COC(=O)CNC(=O)CSc1cccs1. The quantitative estimate of drug-likeness (QED) is 0.624. The molecule has 1 aromatic rings. The Morgan fingerprint density at radius 3 is 3.00 bits per heavy atom. The molecule has 0 atom stereocenters. The van der Waals surface area contributed by atoms with E-state index in [2.05, 4.69) is 10.1 Å². The van der Waals surface area contributed by atoms with E-state index >= 15 is 0 Å². The Morgan fingerprint density at radius 1 is 1.60 bits per heavy atom. The molecule has 0 unspecified atom stereocenters. The molecule has 1 heterocycles. The van der Waals surface area contributed by atoms with Gasteiger partial charge in [-0.2, -0.15) is 0 Å². The largest absolute Gasteiger partial charge is 0.468 e. The maximum atomic E-state index is 11.2. The van der Waals surface area contributed by atoms with Crippen molar-refractivity contribution in [2.75, 3.05) is 19.4 Å². The molecule has 0 aromatic carbocycles. The molecule has 0 fully saturated rings. The van der Waals surface area contributed by atoms with Crippen molar-refractivity contribution in [2.45, 2.75) is 4.21 Å². The molecule has 0 spiro atoms. The van der Waals surface area contributed by atoms with Crippen LogP contribution in [0.5, 0.6) is 0 Å². The van der Waals surface area contributed by atoms with E-state index in [4.69, 9.17) is 0 Å². The molecule has 0 saturated heterocycles. The molecule has 0 aliphatic heterocycles. The maximum absolute atomic E-state index is 11.2. The highest BCUT2D eigenvalue weighted by Crippen LogP contribution is 2.22. The van der Waals surface area contributed by atoms with E-state index in [1.54, 1.807) is 11.3 Å². The van der Waals surface area contributed by atoms with Gasteiger partial charge in [0.25, 0.3) is 0 Å². The highest BCUT2D eigenvalue weighted by Gasteiger charge is 2.05. The summed E-state index contributed by atoms with van der Waals surface area (Å²) in [7, 11) is 1.29. The highest BCUT2D eigenvalue weighted by molar-refractivity contribution is 8.01. The summed E-state index contributed by atoms with van der Waals surface area (Å²) in [6.45, 7) is -0.0691. The number of amides is 1. The van der Waals surface area contributed by atoms with Gasteiger partial charge in [0.15, 0.2) is 0 Å². The molecule has 0 aliphatic carbocycles. The van der Waals surface area contributed by atoms with Gasteiger partial charge in [0.1, 0.15) is 6.54 Å². The molecule has 1 amide bonds. The summed E-state index contributed by atoms with van der Waals surface area (Å²) < 4.78 is 5.48. The van der Waals surface area contributed by atoms with Gasteiger partial charge < -0.3 is 10.1 Å². The monoisotopic (exact) mass is 245 g/mol. The van der Waals surface area contributed by atoms with E-state index < -0.39 is 5.97 Å². The lowest BCUT2D eigenvalue weighted by molar-refractivity contribution is -0.140. The normalized spacial score (nSPS) is 9.67. The number of thioether (sulfide) groups is 1. The standard InChI is InChI=1S/C9H11NO3S2/c1-13-8(12)5-10-7(11)6-15-9-3-2-4-14-9/h2-4H,5-6H2,1H3,(H,10,11). The first kappa shape index (κ1) is 12.1. The van der Waals surface area contributed by atoms with E-state index in [9.17, 15) is 9.59 Å². The molecular formula is C9H11NO3S2. The van der Waals surface area contributed by atoms with Gasteiger partial charge in [-0.25, -0.2) is 0 Å². The Labute approximate surface area is 96.0 Å². The van der Waals surface area contributed by atoms with Crippen LogP contribution in [0.4, 0.5) is 0 Å². The van der Waals surface area contributed by atoms with Crippen molar-refractivity contribution in [3.63, 3.8) is 0 Å². The van der Waals surface area contributed by atoms with Crippen LogP contribution in [0.2, 0.25) is 0 Å². The number of hydrogen-bond acceptors (Lipinski definition) is 5. The van der Waals surface area contributed by atoms with Gasteiger partial charge in [-0.3, -0.25) is 9.59 Å². The van der Waals surface area contributed by atoms with Crippen molar-refractivity contribution < 1.29 is 14.3 Å². The minimum Gasteiger partial charge on any atom is -0.468 e. The van der Waals surface area contributed by atoms with Crippen molar-refractivity contribution in [1.82, 2.24) is 5.32 Å². The lowest BCUT2D eigenvalue weighted by Gasteiger charge is -2.02. The van der Waals surface area contributed by atoms with Crippen LogP contribution in [0.25, 0.3) is 0 Å². The second kappa shape index (κ2) is 6.47. The fraction of sp³-hybridized carbons (Fsp3) is 0.333. The number of esters is 1. The molecule has 0 saturated carbocycles. The van der Waals surface area contributed by atoms with Crippen LogP contribution >= 0.6 is 23.1 Å². The van der Waals surface area contributed by atoms with Crippen molar-refractivity contribution in [2.24, 2.45) is 0 Å². The summed E-state index contributed by atoms with van der Waals surface area (Å²) in [6, 6.07) is 3.88. The van der Waals surface area contributed by atoms with Crippen LogP contribution in [0.15, 0.2) is 21.7 Å². The lowest BCUT2D eigenvalue weighted by atomic mass is 10.6. The molecule has 0 bridgehead atoms. The molecule has 1 N–H and O–H groups in total. The van der Waals surface area contributed by atoms with E-state index in [0.717, 1.165) is 4.21 Å². The summed E-state index contributed by atoms with van der Waals surface area (Å²) in [6.07, 6.45) is 0. The topological polar surface area (TPSA) is 55.4 Å². The van der Waals surface area contributed by atoms with Gasteiger partial charge in [0.05, 0.1) is 17.1 Å². The third kappa shape index (κ3) is 4.85. The van der Waals surface area contributed by atoms with Crippen LogP contribution in [-0.2, 0) is 14.3 Å². The number of rotatable bonds is 5. The predicted molar refractivity (Wildman–Crippen MR) is 60.1 cm³/mol. The second-order valence-electron chi connectivity index (χ2n) is 2.57. The Morgan fingerprint density at radius 2 is 2.40 bits per heavy atom. The van der Waals surface area contributed by atoms with E-state index in [1.165, 1.54) is 18.9 Å². The number of hydrogen-bond donors (Lipinski definition) is 1. The Kier molecular flexibility index (Phi) is 5.20. The minimum absolute atomic E-state index is 0.0691. The number of carbonyl (C=O) groups excluding carboxylic acids is 2. The first-order chi connectivity index (χ1) is 7.22. The van der Waals surface area contributed by atoms with Crippen molar-refractivity contribution in [3.05, 3.63) is 17.5 Å². The Balaban J connectivity index is 2.16. The predicted octanol–water partition coefficient (Wildman–Crippen LogP) is 1.13. The molecule has 6 heteroatoms. The zero-order valence-corrected chi connectivity index (χ0v) is 9.82. The maximum Gasteiger partial charge on any atom is 0.325 e. The van der Waals surface area contributed by atoms with Gasteiger partial charge >= 0.3 is 5.97 Å². The third-order valence-electron chi connectivity index (χ3n) is 1.50. The van der Waals surface area contributed by atoms with Crippen LogP contribution in [-0.4, -0.2) is 31.3 Å². The second-order valence-corrected chi connectivity index (χ2v) is 4.80. The van der Waals surface area contributed by atoms with E-state index in [0.29, 0.717) is 5.75 Å². The fourth-order valence-corrected chi connectivity index (χ4v) is 2.39. The fourth-order valence-electron chi connectivity index (χ4n) is 0.776. The zero-order valence-electron chi connectivity index (χ0n) is 8.19. The number of carbonyl (C=O) groups is 2. The van der Waals surface area contributed by atoms with Crippen LogP contribution in [0.3, 0.4) is 0 Å². The lowest BCUT2D eigenvalue weighted by Crippen LogP contribution is -2.31. The molecule has 82 valence electrons. The molecule has 0 aliphatic rings. The smallest absolute Gasteiger partial charge is 0.325 e. The average Bonchev–Trinajstić information content (AvgIpc) is 2.75. The first-order valence-corrected chi connectivity index (χ1v) is 6.08. The molecule has 1 aromatic heterocycles. The number of methoxy groups -OCH3 is 1. The first-order valence-electron chi connectivity index (χ1n) is 4.22. The van der Waals surface area contributed by atoms with Crippen molar-refractivity contribution >= 4 is 35.0 Å². The summed E-state index contributed by atoms with van der Waals surface area (Å²) in [5.74, 6) is -0.291. The van der Waals surface area contributed by atoms with Gasteiger partial charge in [-0.05, 0) is 11.4 Å². The summed E-state index contributed by atoms with van der Waals surface area (Å²) in [5.41, 5.74) is 0. The van der Waals surface area contributed by atoms with Gasteiger partial charge in [0.2, 0.25) is 5.91 Å².